The van der Waals surface area contributed by atoms with Crippen LogP contribution in [-0.4, -0.2) is 26.9 Å². The van der Waals surface area contributed by atoms with Crippen LogP contribution >= 0.6 is 0 Å². The molecule has 0 bridgehead atoms. The van der Waals surface area contributed by atoms with E-state index in [1.807, 2.05) is 0 Å². The van der Waals surface area contributed by atoms with E-state index >= 15 is 8.78 Å². The Kier molecular flexibility index (Phi) is 7.77. The highest BCUT2D eigenvalue weighted by Crippen LogP contribution is 2.52. The first-order valence-electron chi connectivity index (χ1n) is 13.5. The van der Waals surface area contributed by atoms with Gasteiger partial charge in [-0.15, -0.1) is 0 Å². The van der Waals surface area contributed by atoms with Gasteiger partial charge in [0.15, 0.2) is 6.29 Å². The zero-order valence-corrected chi connectivity index (χ0v) is 22.5. The van der Waals surface area contributed by atoms with Gasteiger partial charge in [-0.1, -0.05) is 61.7 Å². The minimum Gasteiger partial charge on any atom is -0.490 e. The second-order valence-corrected chi connectivity index (χ2v) is 12.1. The van der Waals surface area contributed by atoms with Gasteiger partial charge in [0.2, 0.25) is 15.6 Å². The number of alkyl halides is 2. The maximum absolute atomic E-state index is 16.7. The van der Waals surface area contributed by atoms with E-state index in [0.29, 0.717) is 24.0 Å². The molecule has 6 nitrogen and oxygen atoms in total. The van der Waals surface area contributed by atoms with Crippen LogP contribution in [0, 0.1) is 0 Å². The molecule has 2 fully saturated rings. The van der Waals surface area contributed by atoms with E-state index in [-0.39, 0.29) is 17.8 Å². The summed E-state index contributed by atoms with van der Waals surface area (Å²) >= 11 is 0. The lowest BCUT2D eigenvalue weighted by Gasteiger charge is -2.41. The highest BCUT2D eigenvalue weighted by Gasteiger charge is 2.60. The molecule has 0 saturated heterocycles. The molecular weight excluding hydrogens is 524 g/mol. The van der Waals surface area contributed by atoms with Gasteiger partial charge in [-0.3, -0.25) is 4.79 Å². The molecule has 208 valence electrons. The Labute approximate surface area is 227 Å². The first kappa shape index (κ1) is 27.7. The number of hydrogen-bond acceptors (Lipinski definition) is 5. The lowest BCUT2D eigenvalue weighted by Crippen LogP contribution is -2.50. The summed E-state index contributed by atoms with van der Waals surface area (Å²) in [6.07, 6.45) is 6.90. The number of carbonyl (C=O) groups excluding carboxylic acids is 1. The summed E-state index contributed by atoms with van der Waals surface area (Å²) in [5.41, 5.74) is -3.87. The van der Waals surface area contributed by atoms with Crippen molar-refractivity contribution in [3.05, 3.63) is 71.8 Å². The Balaban J connectivity index is 1.76. The first-order valence-corrected chi connectivity index (χ1v) is 15.0. The largest absolute Gasteiger partial charge is 0.490 e. The summed E-state index contributed by atoms with van der Waals surface area (Å²) in [6, 6.07) is 14.4. The Morgan fingerprint density at radius 2 is 1.49 bits per heavy atom. The molecule has 0 spiro atoms. The van der Waals surface area contributed by atoms with E-state index in [0.717, 1.165) is 44.9 Å². The fourth-order valence-corrected chi connectivity index (χ4v) is 6.74. The van der Waals surface area contributed by atoms with E-state index < -0.39 is 43.7 Å². The van der Waals surface area contributed by atoms with Gasteiger partial charge in [0.25, 0.3) is 0 Å². The van der Waals surface area contributed by atoms with Gasteiger partial charge in [0.1, 0.15) is 5.75 Å². The van der Waals surface area contributed by atoms with Gasteiger partial charge in [-0.2, -0.15) is 8.78 Å². The van der Waals surface area contributed by atoms with E-state index in [1.165, 1.54) is 42.5 Å². The zero-order chi connectivity index (χ0) is 27.7. The molecule has 1 atom stereocenters. The number of sulfonamides is 1. The number of carbonyl (C=O) groups is 1. The van der Waals surface area contributed by atoms with Crippen LogP contribution in [0.4, 0.5) is 8.78 Å². The van der Waals surface area contributed by atoms with Crippen LogP contribution in [-0.2, 0) is 31.1 Å². The van der Waals surface area contributed by atoms with Crippen LogP contribution in [0.1, 0.15) is 68.9 Å². The Morgan fingerprint density at radius 3 is 2.13 bits per heavy atom. The molecule has 0 radical (unpaired) electrons. The zero-order valence-electron chi connectivity index (χ0n) is 21.7. The maximum Gasteiger partial charge on any atom is 0.312 e. The van der Waals surface area contributed by atoms with Crippen molar-refractivity contribution >= 4 is 27.1 Å². The average Bonchev–Trinajstić information content (AvgIpc) is 3.44. The fourth-order valence-electron chi connectivity index (χ4n) is 5.94. The minimum atomic E-state index is -4.53. The van der Waals surface area contributed by atoms with Crippen LogP contribution < -0.4 is 9.88 Å². The standard InChI is InChI=1S/C30H33F2NO5S/c31-30(32,22-9-3-1-4-10-22)29(20-34,38-24-13-5-2-6-14-24)28-26-17-16-25(37-23-11-7-8-12-23)19-21(26)15-18-27(28)39(33,35)36/h1,3-4,9-10,15-20,23-24H,2,5-8,11-14H2,(H2,33,35,36). The summed E-state index contributed by atoms with van der Waals surface area (Å²) < 4.78 is 71.4. The van der Waals surface area contributed by atoms with Crippen molar-refractivity contribution in [3.63, 3.8) is 0 Å². The van der Waals surface area contributed by atoms with E-state index in [4.69, 9.17) is 14.6 Å². The van der Waals surface area contributed by atoms with Gasteiger partial charge in [0.05, 0.1) is 17.1 Å². The summed E-state index contributed by atoms with van der Waals surface area (Å²) in [4.78, 5) is 12.5. The normalized spacial score (nSPS) is 19.2. The lowest BCUT2D eigenvalue weighted by atomic mass is 9.81. The van der Waals surface area contributed by atoms with Crippen LogP contribution in [0.25, 0.3) is 10.8 Å². The number of ether oxygens (including phenoxy) is 2. The van der Waals surface area contributed by atoms with Gasteiger partial charge < -0.3 is 9.47 Å². The second-order valence-electron chi connectivity index (χ2n) is 10.6. The molecule has 1 unspecified atom stereocenters. The van der Waals surface area contributed by atoms with Crippen molar-refractivity contribution in [1.82, 2.24) is 0 Å². The van der Waals surface area contributed by atoms with Crippen LogP contribution in [0.3, 0.4) is 0 Å². The average molecular weight is 558 g/mol. The molecule has 2 N–H and O–H groups in total. The predicted molar refractivity (Wildman–Crippen MR) is 144 cm³/mol. The third-order valence-electron chi connectivity index (χ3n) is 7.91. The van der Waals surface area contributed by atoms with E-state index in [2.05, 4.69) is 0 Å². The highest BCUT2D eigenvalue weighted by atomic mass is 32.2. The number of hydrogen-bond donors (Lipinski definition) is 1. The van der Waals surface area contributed by atoms with E-state index in [9.17, 15) is 13.2 Å². The van der Waals surface area contributed by atoms with Crippen molar-refractivity contribution in [1.29, 1.82) is 0 Å². The van der Waals surface area contributed by atoms with Crippen LogP contribution in [0.2, 0.25) is 0 Å². The van der Waals surface area contributed by atoms with Crippen molar-refractivity contribution in [2.75, 3.05) is 0 Å². The first-order chi connectivity index (χ1) is 18.7. The van der Waals surface area contributed by atoms with Crippen LogP contribution in [0.5, 0.6) is 5.75 Å². The molecule has 0 aromatic heterocycles. The van der Waals surface area contributed by atoms with Crippen molar-refractivity contribution in [2.45, 2.75) is 86.4 Å². The molecule has 9 heteroatoms. The number of aldehydes is 1. The SMILES string of the molecule is NS(=O)(=O)c1ccc2cc(OC3CCCC3)ccc2c1C(C=O)(OC1CCCCC1)C(F)(F)c1ccccc1. The third kappa shape index (κ3) is 5.32. The number of primary sulfonamides is 1. The molecule has 3 aromatic carbocycles. The molecule has 0 aliphatic heterocycles. The Hall–Kier alpha value is -2.88. The Morgan fingerprint density at radius 1 is 0.846 bits per heavy atom. The minimum absolute atomic E-state index is 0.0565. The molecule has 2 aliphatic carbocycles. The number of halogens is 2. The molecule has 3 aromatic rings. The van der Waals surface area contributed by atoms with Gasteiger partial charge in [-0.05, 0) is 67.5 Å². The molecule has 5 rings (SSSR count). The van der Waals surface area contributed by atoms with Gasteiger partial charge in [0, 0.05) is 11.1 Å². The predicted octanol–water partition coefficient (Wildman–Crippen LogP) is 6.34. The second kappa shape index (κ2) is 10.9. The Bertz CT molecular complexity index is 1430. The topological polar surface area (TPSA) is 95.7 Å². The number of nitrogens with two attached hydrogens (primary N) is 1. The lowest BCUT2D eigenvalue weighted by molar-refractivity contribution is -0.231. The molecular formula is C30H33F2NO5S. The number of fused-ring (bicyclic) bond motifs is 1. The third-order valence-corrected chi connectivity index (χ3v) is 8.86. The summed E-state index contributed by atoms with van der Waals surface area (Å²) in [6.45, 7) is 0. The molecule has 0 heterocycles. The maximum atomic E-state index is 16.7. The molecule has 39 heavy (non-hydrogen) atoms. The molecule has 2 aliphatic rings. The van der Waals surface area contributed by atoms with E-state index in [1.54, 1.807) is 18.2 Å². The van der Waals surface area contributed by atoms with Gasteiger partial charge in [-0.25, -0.2) is 13.6 Å². The fraction of sp³-hybridized carbons (Fsp3) is 0.433. The smallest absolute Gasteiger partial charge is 0.312 e. The van der Waals surface area contributed by atoms with Crippen molar-refractivity contribution in [2.24, 2.45) is 5.14 Å². The number of benzene rings is 3. The van der Waals surface area contributed by atoms with Crippen molar-refractivity contribution in [3.8, 4) is 5.75 Å². The summed E-state index contributed by atoms with van der Waals surface area (Å²) in [5.74, 6) is -3.39. The number of rotatable bonds is 9. The molecule has 2 saturated carbocycles. The van der Waals surface area contributed by atoms with Gasteiger partial charge >= 0.3 is 5.92 Å². The highest BCUT2D eigenvalue weighted by molar-refractivity contribution is 7.89. The molecule has 0 amide bonds. The quantitative estimate of drug-likeness (QED) is 0.310. The summed E-state index contributed by atoms with van der Waals surface area (Å²) in [5, 5.41) is 6.16. The summed E-state index contributed by atoms with van der Waals surface area (Å²) in [7, 11) is -4.53. The van der Waals surface area contributed by atoms with Crippen LogP contribution in [0.15, 0.2) is 65.6 Å². The van der Waals surface area contributed by atoms with Crippen molar-refractivity contribution < 1.29 is 31.5 Å². The monoisotopic (exact) mass is 557 g/mol.